The predicted molar refractivity (Wildman–Crippen MR) is 209 cm³/mol. The Hall–Kier alpha value is -6.26. The van der Waals surface area contributed by atoms with Gasteiger partial charge >= 0.3 is 0 Å². The van der Waals surface area contributed by atoms with Gasteiger partial charge in [-0.1, -0.05) is 112 Å². The van der Waals surface area contributed by atoms with Crippen LogP contribution in [0.15, 0.2) is 158 Å². The third-order valence-electron chi connectivity index (χ3n) is 9.75. The molecule has 0 aliphatic rings. The summed E-state index contributed by atoms with van der Waals surface area (Å²) in [7, 11) is 0. The van der Waals surface area contributed by atoms with E-state index in [-0.39, 0.29) is 5.41 Å². The van der Waals surface area contributed by atoms with Crippen LogP contribution in [-0.2, 0) is 5.41 Å². The zero-order chi connectivity index (χ0) is 33.8. The lowest BCUT2D eigenvalue weighted by atomic mass is 9.86. The molecule has 0 aliphatic carbocycles. The first-order chi connectivity index (χ1) is 24.4. The first-order valence-corrected chi connectivity index (χ1v) is 17.2. The van der Waals surface area contributed by atoms with Crippen LogP contribution in [0.2, 0.25) is 0 Å². The van der Waals surface area contributed by atoms with Crippen molar-refractivity contribution in [2.45, 2.75) is 26.2 Å². The minimum absolute atomic E-state index is 0.0116. The molecule has 4 nitrogen and oxygen atoms in total. The van der Waals surface area contributed by atoms with Gasteiger partial charge in [0, 0.05) is 44.9 Å². The van der Waals surface area contributed by atoms with E-state index < -0.39 is 0 Å². The Kier molecular flexibility index (Phi) is 6.99. The Morgan fingerprint density at radius 1 is 0.560 bits per heavy atom. The van der Waals surface area contributed by atoms with Crippen molar-refractivity contribution in [1.29, 1.82) is 0 Å². The molecule has 0 spiro atoms. The number of hydrogen-bond acceptors (Lipinski definition) is 2. The van der Waals surface area contributed by atoms with Gasteiger partial charge in [0.05, 0.1) is 22.2 Å². The smallest absolute Gasteiger partial charge is 0.147 e. The molecule has 0 saturated carbocycles. The maximum atomic E-state index is 5.53. The second-order valence-corrected chi connectivity index (χ2v) is 14.0. The number of fused-ring (bicyclic) bond motifs is 4. The highest BCUT2D eigenvalue weighted by Crippen LogP contribution is 2.40. The molecular weight excluding hydrogens is 609 g/mol. The lowest BCUT2D eigenvalue weighted by molar-refractivity contribution is 0.589. The zero-order valence-electron chi connectivity index (χ0n) is 28.4. The summed E-state index contributed by atoms with van der Waals surface area (Å²) in [4.78, 5) is 14.1. The van der Waals surface area contributed by atoms with Crippen molar-refractivity contribution in [3.05, 3.63) is 163 Å². The normalized spacial score (nSPS) is 11.9. The highest BCUT2D eigenvalue weighted by atomic mass is 15.1. The Bertz CT molecular complexity index is 2670. The number of nitrogens with one attached hydrogen (secondary N) is 1. The van der Waals surface area contributed by atoms with E-state index >= 15 is 0 Å². The summed E-state index contributed by atoms with van der Waals surface area (Å²) in [6, 6.07) is 53.9. The molecular formula is C46H36N4. The van der Waals surface area contributed by atoms with Crippen LogP contribution in [0.25, 0.3) is 83.4 Å². The molecule has 3 aromatic heterocycles. The number of nitrogens with zero attached hydrogens (tertiary/aromatic N) is 3. The van der Waals surface area contributed by atoms with E-state index in [2.05, 4.69) is 182 Å². The molecule has 0 bridgehead atoms. The number of benzene rings is 6. The number of pyridine rings is 1. The number of aromatic amines is 1. The minimum atomic E-state index is 0.0116. The SMILES string of the molecule is CC(C)(C)c1ccnc(-c2cc(-c3ccccc3)cc(-c3cccc4c3nc(-c3cccc5c3[nH]c3ccccc35)n4-c3ccccc3)c2)c1. The second-order valence-electron chi connectivity index (χ2n) is 14.0. The third-order valence-corrected chi connectivity index (χ3v) is 9.75. The molecule has 9 aromatic rings. The highest BCUT2D eigenvalue weighted by molar-refractivity contribution is 6.12. The van der Waals surface area contributed by atoms with Gasteiger partial charge in [0.25, 0.3) is 0 Å². The van der Waals surface area contributed by atoms with E-state index in [1.54, 1.807) is 0 Å². The summed E-state index contributed by atoms with van der Waals surface area (Å²) >= 11 is 0. The van der Waals surface area contributed by atoms with Crippen molar-refractivity contribution in [3.8, 4) is 50.6 Å². The van der Waals surface area contributed by atoms with Gasteiger partial charge < -0.3 is 4.98 Å². The number of aromatic nitrogens is 4. The maximum Gasteiger partial charge on any atom is 0.147 e. The van der Waals surface area contributed by atoms with E-state index in [0.29, 0.717) is 0 Å². The summed E-state index contributed by atoms with van der Waals surface area (Å²) in [5.74, 6) is 0.898. The van der Waals surface area contributed by atoms with Crippen molar-refractivity contribution in [1.82, 2.24) is 19.5 Å². The standard InChI is InChI=1S/C46H36N4/c1-46(2,3)34-24-25-47-41(29-34)33-27-31(30-14-6-4-7-15-30)26-32(28-33)36-19-13-23-42-44(36)49-45(50(42)35-16-8-5-9-17-35)39-21-12-20-38-37-18-10-11-22-40(37)48-43(38)39/h4-29,48H,1-3H3. The summed E-state index contributed by atoms with van der Waals surface area (Å²) in [6.45, 7) is 6.74. The van der Waals surface area contributed by atoms with E-state index in [0.717, 1.165) is 72.7 Å². The molecule has 4 heteroatoms. The maximum absolute atomic E-state index is 5.53. The molecule has 3 heterocycles. The minimum Gasteiger partial charge on any atom is -0.354 e. The van der Waals surface area contributed by atoms with Crippen LogP contribution >= 0.6 is 0 Å². The van der Waals surface area contributed by atoms with Crippen LogP contribution in [0.1, 0.15) is 26.3 Å². The van der Waals surface area contributed by atoms with Crippen molar-refractivity contribution in [2.24, 2.45) is 0 Å². The molecule has 240 valence electrons. The van der Waals surface area contributed by atoms with Crippen LogP contribution in [-0.4, -0.2) is 19.5 Å². The van der Waals surface area contributed by atoms with Gasteiger partial charge in [-0.3, -0.25) is 9.55 Å². The molecule has 0 saturated heterocycles. The molecule has 0 fully saturated rings. The lowest BCUT2D eigenvalue weighted by Gasteiger charge is -2.19. The fourth-order valence-electron chi connectivity index (χ4n) is 7.19. The second kappa shape index (κ2) is 11.7. The molecule has 6 aromatic carbocycles. The van der Waals surface area contributed by atoms with Crippen LogP contribution < -0.4 is 0 Å². The average Bonchev–Trinajstić information content (AvgIpc) is 3.74. The Labute approximate surface area is 291 Å². The van der Waals surface area contributed by atoms with Crippen LogP contribution in [0, 0.1) is 0 Å². The van der Waals surface area contributed by atoms with Crippen molar-refractivity contribution >= 4 is 32.8 Å². The number of imidazole rings is 1. The van der Waals surface area contributed by atoms with Gasteiger partial charge in [-0.05, 0) is 88.3 Å². The number of rotatable bonds is 5. The van der Waals surface area contributed by atoms with Gasteiger partial charge in [-0.25, -0.2) is 4.98 Å². The average molecular weight is 645 g/mol. The first kappa shape index (κ1) is 29.8. The largest absolute Gasteiger partial charge is 0.354 e. The molecule has 0 radical (unpaired) electrons. The van der Waals surface area contributed by atoms with Gasteiger partial charge in [-0.15, -0.1) is 0 Å². The van der Waals surface area contributed by atoms with Gasteiger partial charge in [0.15, 0.2) is 0 Å². The number of H-pyrrole nitrogens is 1. The highest BCUT2D eigenvalue weighted by Gasteiger charge is 2.21. The molecule has 9 rings (SSSR count). The van der Waals surface area contributed by atoms with Crippen molar-refractivity contribution in [3.63, 3.8) is 0 Å². The van der Waals surface area contributed by atoms with Crippen molar-refractivity contribution in [2.75, 3.05) is 0 Å². The Balaban J connectivity index is 1.32. The van der Waals surface area contributed by atoms with Crippen LogP contribution in [0.3, 0.4) is 0 Å². The summed E-state index contributed by atoms with van der Waals surface area (Å²) in [5, 5.41) is 2.40. The monoisotopic (exact) mass is 644 g/mol. The summed E-state index contributed by atoms with van der Waals surface area (Å²) < 4.78 is 2.30. The zero-order valence-corrected chi connectivity index (χ0v) is 28.4. The lowest BCUT2D eigenvalue weighted by Crippen LogP contribution is -2.11. The quantitative estimate of drug-likeness (QED) is 0.203. The number of para-hydroxylation sites is 4. The fraction of sp³-hybridized carbons (Fsp3) is 0.0870. The van der Waals surface area contributed by atoms with E-state index in [4.69, 9.17) is 9.97 Å². The number of hydrogen-bond donors (Lipinski definition) is 1. The third kappa shape index (κ3) is 5.08. The van der Waals surface area contributed by atoms with Gasteiger partial charge in [0.2, 0.25) is 0 Å². The Morgan fingerprint density at radius 3 is 2.06 bits per heavy atom. The molecule has 0 unspecified atom stereocenters. The summed E-state index contributed by atoms with van der Waals surface area (Å²) in [5.41, 5.74) is 14.1. The van der Waals surface area contributed by atoms with E-state index in [1.807, 2.05) is 6.20 Å². The first-order valence-electron chi connectivity index (χ1n) is 17.2. The van der Waals surface area contributed by atoms with Gasteiger partial charge in [0.1, 0.15) is 5.82 Å². The van der Waals surface area contributed by atoms with Gasteiger partial charge in [-0.2, -0.15) is 0 Å². The molecule has 0 atom stereocenters. The van der Waals surface area contributed by atoms with E-state index in [9.17, 15) is 0 Å². The molecule has 0 amide bonds. The predicted octanol–water partition coefficient (Wildman–Crippen LogP) is 12.0. The topological polar surface area (TPSA) is 46.5 Å². The van der Waals surface area contributed by atoms with Crippen molar-refractivity contribution < 1.29 is 0 Å². The van der Waals surface area contributed by atoms with Crippen LogP contribution in [0.4, 0.5) is 0 Å². The molecule has 0 aliphatic heterocycles. The summed E-state index contributed by atoms with van der Waals surface area (Å²) in [6.07, 6.45) is 1.93. The molecule has 1 N–H and O–H groups in total. The fourth-order valence-corrected chi connectivity index (χ4v) is 7.19. The van der Waals surface area contributed by atoms with Crippen LogP contribution in [0.5, 0.6) is 0 Å². The Morgan fingerprint density at radius 2 is 1.24 bits per heavy atom. The van der Waals surface area contributed by atoms with E-state index in [1.165, 1.54) is 16.3 Å². The molecule has 50 heavy (non-hydrogen) atoms.